The van der Waals surface area contributed by atoms with Crippen molar-refractivity contribution in [1.82, 2.24) is 4.90 Å². The highest BCUT2D eigenvalue weighted by molar-refractivity contribution is 6.39. The van der Waals surface area contributed by atoms with E-state index in [0.29, 0.717) is 37.6 Å². The molecular weight excluding hydrogens is 260 g/mol. The van der Waals surface area contributed by atoms with Crippen LogP contribution in [0.3, 0.4) is 0 Å². The van der Waals surface area contributed by atoms with Crippen molar-refractivity contribution in [3.63, 3.8) is 0 Å². The third-order valence-electron chi connectivity index (χ3n) is 3.04. The Morgan fingerprint density at radius 1 is 1.10 bits per heavy atom. The van der Waals surface area contributed by atoms with Gasteiger partial charge in [0.15, 0.2) is 5.78 Å². The van der Waals surface area contributed by atoms with Gasteiger partial charge in [-0.3, -0.25) is 14.4 Å². The summed E-state index contributed by atoms with van der Waals surface area (Å²) >= 11 is 0. The van der Waals surface area contributed by atoms with Crippen molar-refractivity contribution >= 4 is 23.3 Å². The van der Waals surface area contributed by atoms with Crippen molar-refractivity contribution < 1.29 is 19.1 Å². The number of amides is 2. The summed E-state index contributed by atoms with van der Waals surface area (Å²) in [6.07, 6.45) is 0. The first-order valence-electron chi connectivity index (χ1n) is 6.37. The largest absolute Gasteiger partial charge is 0.378 e. The lowest BCUT2D eigenvalue weighted by Gasteiger charge is -2.26. The first-order chi connectivity index (χ1) is 9.58. The number of nitrogens with one attached hydrogen (secondary N) is 1. The van der Waals surface area contributed by atoms with Crippen LogP contribution in [0, 0.1) is 0 Å². The number of hydrogen-bond donors (Lipinski definition) is 1. The topological polar surface area (TPSA) is 75.7 Å². The number of hydrogen-bond acceptors (Lipinski definition) is 4. The molecule has 0 bridgehead atoms. The van der Waals surface area contributed by atoms with Crippen LogP contribution in [0.2, 0.25) is 0 Å². The summed E-state index contributed by atoms with van der Waals surface area (Å²) in [5, 5.41) is 2.52. The van der Waals surface area contributed by atoms with Crippen LogP contribution in [0.5, 0.6) is 0 Å². The van der Waals surface area contributed by atoms with Crippen molar-refractivity contribution in [2.24, 2.45) is 0 Å². The molecule has 106 valence electrons. The van der Waals surface area contributed by atoms with Crippen LogP contribution in [0.4, 0.5) is 5.69 Å². The van der Waals surface area contributed by atoms with E-state index >= 15 is 0 Å². The molecule has 6 heteroatoms. The van der Waals surface area contributed by atoms with Crippen LogP contribution in [0.25, 0.3) is 0 Å². The Morgan fingerprint density at radius 3 is 2.25 bits per heavy atom. The summed E-state index contributed by atoms with van der Waals surface area (Å²) < 4.78 is 5.13. The predicted molar refractivity (Wildman–Crippen MR) is 72.5 cm³/mol. The van der Waals surface area contributed by atoms with Gasteiger partial charge in [-0.25, -0.2) is 0 Å². The smallest absolute Gasteiger partial charge is 0.313 e. The number of morpholine rings is 1. The molecule has 0 aromatic heterocycles. The molecule has 0 aliphatic carbocycles. The molecule has 0 radical (unpaired) electrons. The number of ketones is 1. The van der Waals surface area contributed by atoms with Gasteiger partial charge < -0.3 is 15.0 Å². The number of nitrogens with zero attached hydrogens (tertiary/aromatic N) is 1. The Balaban J connectivity index is 1.96. The number of anilines is 1. The van der Waals surface area contributed by atoms with Gasteiger partial charge >= 0.3 is 11.8 Å². The van der Waals surface area contributed by atoms with Crippen LogP contribution in [0.15, 0.2) is 24.3 Å². The van der Waals surface area contributed by atoms with Crippen LogP contribution >= 0.6 is 0 Å². The third kappa shape index (κ3) is 3.42. The van der Waals surface area contributed by atoms with Crippen LogP contribution < -0.4 is 5.32 Å². The van der Waals surface area contributed by atoms with Gasteiger partial charge in [-0.1, -0.05) is 0 Å². The van der Waals surface area contributed by atoms with E-state index in [1.54, 1.807) is 24.3 Å². The highest BCUT2D eigenvalue weighted by Gasteiger charge is 2.23. The fourth-order valence-corrected chi connectivity index (χ4v) is 1.88. The van der Waals surface area contributed by atoms with Gasteiger partial charge in [-0.2, -0.15) is 0 Å². The second kappa shape index (κ2) is 6.29. The van der Waals surface area contributed by atoms with Crippen molar-refractivity contribution in [3.8, 4) is 0 Å². The van der Waals surface area contributed by atoms with Gasteiger partial charge in [0.05, 0.1) is 13.2 Å². The third-order valence-corrected chi connectivity index (χ3v) is 3.04. The maximum atomic E-state index is 11.9. The number of carbonyl (C=O) groups is 3. The van der Waals surface area contributed by atoms with Gasteiger partial charge in [0.2, 0.25) is 0 Å². The van der Waals surface area contributed by atoms with E-state index in [1.807, 2.05) is 0 Å². The maximum Gasteiger partial charge on any atom is 0.313 e. The van der Waals surface area contributed by atoms with Crippen molar-refractivity contribution in [2.75, 3.05) is 31.6 Å². The molecular formula is C14H16N2O4. The minimum absolute atomic E-state index is 0.0488. The fraction of sp³-hybridized carbons (Fsp3) is 0.357. The summed E-state index contributed by atoms with van der Waals surface area (Å²) in [4.78, 5) is 36.3. The van der Waals surface area contributed by atoms with E-state index in [-0.39, 0.29) is 5.78 Å². The quantitative estimate of drug-likeness (QED) is 0.637. The molecule has 1 aliphatic heterocycles. The molecule has 2 amide bonds. The maximum absolute atomic E-state index is 11.9. The lowest BCUT2D eigenvalue weighted by Crippen LogP contribution is -2.45. The minimum Gasteiger partial charge on any atom is -0.378 e. The zero-order valence-corrected chi connectivity index (χ0v) is 11.2. The first kappa shape index (κ1) is 14.2. The fourth-order valence-electron chi connectivity index (χ4n) is 1.88. The van der Waals surface area contributed by atoms with Crippen LogP contribution in [-0.2, 0) is 14.3 Å². The number of ether oxygens (including phenoxy) is 1. The number of rotatable bonds is 2. The van der Waals surface area contributed by atoms with Gasteiger partial charge in [-0.05, 0) is 31.2 Å². The predicted octanol–water partition coefficient (Wildman–Crippen LogP) is 0.686. The van der Waals surface area contributed by atoms with E-state index in [9.17, 15) is 14.4 Å². The molecule has 0 saturated carbocycles. The van der Waals surface area contributed by atoms with Gasteiger partial charge in [0.25, 0.3) is 0 Å². The molecule has 20 heavy (non-hydrogen) atoms. The van der Waals surface area contributed by atoms with Crippen molar-refractivity contribution in [2.45, 2.75) is 6.92 Å². The summed E-state index contributed by atoms with van der Waals surface area (Å²) in [5.41, 5.74) is 1.05. The van der Waals surface area contributed by atoms with E-state index in [0.717, 1.165) is 0 Å². The second-order valence-corrected chi connectivity index (χ2v) is 4.49. The molecule has 1 aromatic rings. The summed E-state index contributed by atoms with van der Waals surface area (Å²) in [5.74, 6) is -1.29. The normalized spacial score (nSPS) is 14.8. The lowest BCUT2D eigenvalue weighted by atomic mass is 10.1. The van der Waals surface area contributed by atoms with Crippen molar-refractivity contribution in [1.29, 1.82) is 0 Å². The van der Waals surface area contributed by atoms with E-state index < -0.39 is 11.8 Å². The van der Waals surface area contributed by atoms with Crippen LogP contribution in [-0.4, -0.2) is 48.8 Å². The molecule has 0 atom stereocenters. The Labute approximate surface area is 116 Å². The van der Waals surface area contributed by atoms with Gasteiger partial charge in [-0.15, -0.1) is 0 Å². The highest BCUT2D eigenvalue weighted by atomic mass is 16.5. The second-order valence-electron chi connectivity index (χ2n) is 4.49. The zero-order chi connectivity index (χ0) is 14.5. The first-order valence-corrected chi connectivity index (χ1v) is 6.37. The van der Waals surface area contributed by atoms with E-state index in [4.69, 9.17) is 4.74 Å². The molecule has 0 spiro atoms. The van der Waals surface area contributed by atoms with E-state index in [2.05, 4.69) is 5.32 Å². The molecule has 1 saturated heterocycles. The SMILES string of the molecule is CC(=O)c1ccc(NC(=O)C(=O)N2CCOCC2)cc1. The Bertz CT molecular complexity index is 518. The standard InChI is InChI=1S/C14H16N2O4/c1-10(17)11-2-4-12(5-3-11)15-13(18)14(19)16-6-8-20-9-7-16/h2-5H,6-9H2,1H3,(H,15,18). The summed E-state index contributed by atoms with van der Waals surface area (Å²) in [6.45, 7) is 3.22. The Hall–Kier alpha value is -2.21. The molecule has 1 heterocycles. The molecule has 1 aromatic carbocycles. The average Bonchev–Trinajstić information content (AvgIpc) is 2.48. The van der Waals surface area contributed by atoms with Gasteiger partial charge in [0, 0.05) is 24.3 Å². The van der Waals surface area contributed by atoms with Gasteiger partial charge in [0.1, 0.15) is 0 Å². The highest BCUT2D eigenvalue weighted by Crippen LogP contribution is 2.10. The number of Topliss-reactive ketones (excluding diaryl/α,β-unsaturated/α-hetero) is 1. The molecule has 0 unspecified atom stereocenters. The van der Waals surface area contributed by atoms with Crippen molar-refractivity contribution in [3.05, 3.63) is 29.8 Å². The molecule has 1 aliphatic rings. The average molecular weight is 276 g/mol. The van der Waals surface area contributed by atoms with Crippen LogP contribution in [0.1, 0.15) is 17.3 Å². The van der Waals surface area contributed by atoms with E-state index in [1.165, 1.54) is 11.8 Å². The number of benzene rings is 1. The molecule has 6 nitrogen and oxygen atoms in total. The molecule has 1 N–H and O–H groups in total. The Morgan fingerprint density at radius 2 is 1.70 bits per heavy atom. The monoisotopic (exact) mass is 276 g/mol. The lowest BCUT2D eigenvalue weighted by molar-refractivity contribution is -0.145. The summed E-state index contributed by atoms with van der Waals surface area (Å²) in [6, 6.07) is 6.41. The number of carbonyl (C=O) groups excluding carboxylic acids is 3. The molecule has 2 rings (SSSR count). The zero-order valence-electron chi connectivity index (χ0n) is 11.2. The summed E-state index contributed by atoms with van der Waals surface area (Å²) in [7, 11) is 0. The molecule has 1 fully saturated rings. The Kier molecular flexibility index (Phi) is 4.47. The minimum atomic E-state index is -0.678.